The summed E-state index contributed by atoms with van der Waals surface area (Å²) in [6.45, 7) is 1.84. The summed E-state index contributed by atoms with van der Waals surface area (Å²) in [7, 11) is 3.69. The molecule has 158 valence electrons. The lowest BCUT2D eigenvalue weighted by Crippen LogP contribution is -2.49. The second-order valence-corrected chi connectivity index (χ2v) is 8.24. The van der Waals surface area contributed by atoms with Gasteiger partial charge in [-0.25, -0.2) is 13.2 Å². The summed E-state index contributed by atoms with van der Waals surface area (Å²) < 4.78 is 41.8. The molecule has 0 saturated heterocycles. The Balaban J connectivity index is 1.66. The lowest BCUT2D eigenvalue weighted by molar-refractivity contribution is -0.126. The van der Waals surface area contributed by atoms with Crippen molar-refractivity contribution in [2.24, 2.45) is 0 Å². The van der Waals surface area contributed by atoms with E-state index in [0.717, 1.165) is 11.6 Å². The van der Waals surface area contributed by atoms with Crippen LogP contribution in [-0.4, -0.2) is 42.0 Å². The maximum atomic E-state index is 14.4. The van der Waals surface area contributed by atoms with Crippen LogP contribution in [0, 0.1) is 17.5 Å². The molecule has 0 radical (unpaired) electrons. The van der Waals surface area contributed by atoms with E-state index in [1.807, 2.05) is 25.9 Å². The van der Waals surface area contributed by atoms with E-state index < -0.39 is 11.6 Å². The molecule has 3 aromatic rings. The predicted octanol–water partition coefficient (Wildman–Crippen LogP) is 4.56. The molecular weight excluding hydrogens is 391 g/mol. The normalized spacial score (nSPS) is 19.7. The Morgan fingerprint density at radius 3 is 2.40 bits per heavy atom. The monoisotopic (exact) mass is 415 g/mol. The summed E-state index contributed by atoms with van der Waals surface area (Å²) in [6, 6.07) is 7.87. The van der Waals surface area contributed by atoms with Crippen molar-refractivity contribution < 1.29 is 18.0 Å². The zero-order chi connectivity index (χ0) is 21.6. The zero-order valence-corrected chi connectivity index (χ0v) is 17.1. The van der Waals surface area contributed by atoms with Gasteiger partial charge in [0.1, 0.15) is 17.5 Å². The van der Waals surface area contributed by atoms with Gasteiger partial charge in [0, 0.05) is 17.5 Å². The number of benzene rings is 2. The van der Waals surface area contributed by atoms with E-state index in [9.17, 15) is 18.0 Å². The van der Waals surface area contributed by atoms with Gasteiger partial charge in [-0.2, -0.15) is 0 Å². The number of amides is 1. The lowest BCUT2D eigenvalue weighted by Gasteiger charge is -2.37. The fourth-order valence-electron chi connectivity index (χ4n) is 4.04. The van der Waals surface area contributed by atoms with E-state index in [-0.39, 0.29) is 35.2 Å². The Morgan fingerprint density at radius 2 is 1.77 bits per heavy atom. The van der Waals surface area contributed by atoms with E-state index in [1.54, 1.807) is 12.1 Å². The molecule has 2 aromatic carbocycles. The molecule has 30 heavy (non-hydrogen) atoms. The highest BCUT2D eigenvalue weighted by Crippen LogP contribution is 2.45. The van der Waals surface area contributed by atoms with Crippen molar-refractivity contribution >= 4 is 16.8 Å². The van der Waals surface area contributed by atoms with Crippen LogP contribution in [0.2, 0.25) is 0 Å². The molecular formula is C23H24F3N3O. The standard InChI is InChI=1S/C23H24F3N3O/c1-12(29(2)3)23(30)27-17-8-14(9-17)20-18-10-16(25)11-19(26)22(18)28-21(20)13-4-6-15(24)7-5-13/h4-7,10-12,14,17,28H,8-9H2,1-3H3,(H,27,30)/t12?,14-,17+. The van der Waals surface area contributed by atoms with E-state index in [4.69, 9.17) is 0 Å². The van der Waals surface area contributed by atoms with Crippen LogP contribution in [0.1, 0.15) is 31.2 Å². The van der Waals surface area contributed by atoms with Gasteiger partial charge in [0.25, 0.3) is 0 Å². The molecule has 0 spiro atoms. The Bertz CT molecular complexity index is 1090. The van der Waals surface area contributed by atoms with E-state index in [0.29, 0.717) is 29.5 Å². The minimum absolute atomic E-state index is 0.00863. The van der Waals surface area contributed by atoms with Crippen LogP contribution in [0.25, 0.3) is 22.2 Å². The van der Waals surface area contributed by atoms with Gasteiger partial charge >= 0.3 is 0 Å². The topological polar surface area (TPSA) is 48.1 Å². The number of H-pyrrole nitrogens is 1. The number of aromatic amines is 1. The number of nitrogens with one attached hydrogen (secondary N) is 2. The third kappa shape index (κ3) is 3.69. The van der Waals surface area contributed by atoms with Gasteiger partial charge in [0.15, 0.2) is 0 Å². The summed E-state index contributed by atoms with van der Waals surface area (Å²) in [5, 5.41) is 3.53. The van der Waals surface area contributed by atoms with E-state index in [2.05, 4.69) is 10.3 Å². The molecule has 2 N–H and O–H groups in total. The minimum atomic E-state index is -0.663. The Labute approximate surface area is 173 Å². The quantitative estimate of drug-likeness (QED) is 0.642. The largest absolute Gasteiger partial charge is 0.352 e. The third-order valence-corrected chi connectivity index (χ3v) is 6.04. The maximum Gasteiger partial charge on any atom is 0.237 e. The fourth-order valence-corrected chi connectivity index (χ4v) is 4.04. The molecule has 0 aliphatic heterocycles. The molecule has 1 unspecified atom stereocenters. The molecule has 4 rings (SSSR count). The van der Waals surface area contributed by atoms with Gasteiger partial charge in [-0.1, -0.05) is 0 Å². The number of aromatic nitrogens is 1. The molecule has 1 aliphatic rings. The van der Waals surface area contributed by atoms with Crippen LogP contribution in [0.4, 0.5) is 13.2 Å². The first kappa shape index (κ1) is 20.5. The number of hydrogen-bond donors (Lipinski definition) is 2. The SMILES string of the molecule is CC(C(=O)N[C@H]1C[C@@H](c2c(-c3ccc(F)cc3)[nH]c3c(F)cc(F)cc32)C1)N(C)C. The first-order valence-corrected chi connectivity index (χ1v) is 9.98. The van der Waals surface area contributed by atoms with E-state index in [1.165, 1.54) is 18.2 Å². The second-order valence-electron chi connectivity index (χ2n) is 8.24. The molecule has 1 atom stereocenters. The van der Waals surface area contributed by atoms with Crippen LogP contribution in [0.3, 0.4) is 0 Å². The molecule has 1 aliphatic carbocycles. The van der Waals surface area contributed by atoms with Gasteiger partial charge in [-0.15, -0.1) is 0 Å². The van der Waals surface area contributed by atoms with Crippen LogP contribution in [-0.2, 0) is 4.79 Å². The molecule has 1 amide bonds. The van der Waals surface area contributed by atoms with Gasteiger partial charge < -0.3 is 10.3 Å². The van der Waals surface area contributed by atoms with Crippen molar-refractivity contribution in [1.82, 2.24) is 15.2 Å². The number of carbonyl (C=O) groups is 1. The van der Waals surface area contributed by atoms with Crippen molar-refractivity contribution in [1.29, 1.82) is 0 Å². The number of likely N-dealkylation sites (N-methyl/N-ethyl adjacent to an activating group) is 1. The van der Waals surface area contributed by atoms with Gasteiger partial charge in [-0.3, -0.25) is 9.69 Å². The minimum Gasteiger partial charge on any atom is -0.352 e. The number of fused-ring (bicyclic) bond motifs is 1. The molecule has 1 fully saturated rings. The Morgan fingerprint density at radius 1 is 1.10 bits per heavy atom. The number of hydrogen-bond acceptors (Lipinski definition) is 2. The summed E-state index contributed by atoms with van der Waals surface area (Å²) in [6.07, 6.45) is 1.34. The van der Waals surface area contributed by atoms with E-state index >= 15 is 0 Å². The highest BCUT2D eigenvalue weighted by Gasteiger charge is 2.36. The Kier molecular flexibility index (Phi) is 5.32. The number of nitrogens with zero attached hydrogens (tertiary/aromatic N) is 1. The molecule has 1 aromatic heterocycles. The first-order valence-electron chi connectivity index (χ1n) is 9.98. The van der Waals surface area contributed by atoms with Crippen molar-refractivity contribution in [2.75, 3.05) is 14.1 Å². The number of carbonyl (C=O) groups excluding carboxylic acids is 1. The molecule has 1 heterocycles. The van der Waals surface area contributed by atoms with Crippen molar-refractivity contribution in [3.05, 3.63) is 59.4 Å². The Hall–Kier alpha value is -2.80. The summed E-state index contributed by atoms with van der Waals surface area (Å²) in [5.74, 6) is -1.69. The van der Waals surface area contributed by atoms with Crippen LogP contribution < -0.4 is 5.32 Å². The summed E-state index contributed by atoms with van der Waals surface area (Å²) in [5.41, 5.74) is 2.41. The highest BCUT2D eigenvalue weighted by atomic mass is 19.1. The smallest absolute Gasteiger partial charge is 0.237 e. The molecule has 7 heteroatoms. The molecule has 4 nitrogen and oxygen atoms in total. The predicted molar refractivity (Wildman–Crippen MR) is 111 cm³/mol. The van der Waals surface area contributed by atoms with Gasteiger partial charge in [-0.05, 0) is 81.2 Å². The summed E-state index contributed by atoms with van der Waals surface area (Å²) in [4.78, 5) is 17.2. The molecule has 1 saturated carbocycles. The third-order valence-electron chi connectivity index (χ3n) is 6.04. The van der Waals surface area contributed by atoms with Crippen LogP contribution in [0.5, 0.6) is 0 Å². The highest BCUT2D eigenvalue weighted by molar-refractivity contribution is 5.92. The number of rotatable bonds is 5. The average Bonchev–Trinajstić information content (AvgIpc) is 3.03. The lowest BCUT2D eigenvalue weighted by atomic mass is 9.74. The number of halogens is 3. The van der Waals surface area contributed by atoms with Crippen molar-refractivity contribution in [3.63, 3.8) is 0 Å². The van der Waals surface area contributed by atoms with Gasteiger partial charge in [0.05, 0.1) is 17.3 Å². The first-order chi connectivity index (χ1) is 14.2. The zero-order valence-electron chi connectivity index (χ0n) is 17.1. The average molecular weight is 415 g/mol. The van der Waals surface area contributed by atoms with Crippen LogP contribution >= 0.6 is 0 Å². The van der Waals surface area contributed by atoms with Crippen molar-refractivity contribution in [2.45, 2.75) is 37.8 Å². The second kappa shape index (κ2) is 7.80. The molecule has 0 bridgehead atoms. The summed E-state index contributed by atoms with van der Waals surface area (Å²) >= 11 is 0. The maximum absolute atomic E-state index is 14.4. The van der Waals surface area contributed by atoms with Crippen molar-refractivity contribution in [3.8, 4) is 11.3 Å². The van der Waals surface area contributed by atoms with Crippen LogP contribution in [0.15, 0.2) is 36.4 Å². The van der Waals surface area contributed by atoms with Gasteiger partial charge in [0.2, 0.25) is 5.91 Å². The fraction of sp³-hybridized carbons (Fsp3) is 0.348.